The fraction of sp³-hybridized carbons (Fsp3) is 0.684. The molecule has 1 aromatic rings. The van der Waals surface area contributed by atoms with Crippen molar-refractivity contribution in [2.75, 3.05) is 24.5 Å². The number of anilines is 1. The zero-order valence-corrected chi connectivity index (χ0v) is 13.5. The Morgan fingerprint density at radius 2 is 1.76 bits per heavy atom. The number of nitrogens with zero attached hydrogens (tertiary/aromatic N) is 1. The van der Waals surface area contributed by atoms with Crippen molar-refractivity contribution in [2.45, 2.75) is 63.8 Å². The zero-order chi connectivity index (χ0) is 14.5. The summed E-state index contributed by atoms with van der Waals surface area (Å²) >= 11 is 0. The fourth-order valence-corrected chi connectivity index (χ4v) is 3.49. The molecule has 2 fully saturated rings. The van der Waals surface area contributed by atoms with Gasteiger partial charge in [0.05, 0.1) is 5.54 Å². The van der Waals surface area contributed by atoms with Gasteiger partial charge in [-0.25, -0.2) is 0 Å². The average molecular weight is 286 g/mol. The summed E-state index contributed by atoms with van der Waals surface area (Å²) in [6.45, 7) is 5.91. The van der Waals surface area contributed by atoms with Crippen LogP contribution < -0.4 is 10.2 Å². The molecule has 0 amide bonds. The normalized spacial score (nSPS) is 24.0. The summed E-state index contributed by atoms with van der Waals surface area (Å²) in [5.41, 5.74) is 3.40. The Balaban J connectivity index is 1.40. The van der Waals surface area contributed by atoms with E-state index in [-0.39, 0.29) is 0 Å². The van der Waals surface area contributed by atoms with Crippen molar-refractivity contribution in [2.24, 2.45) is 0 Å². The number of unbranched alkanes of at least 4 members (excludes halogenated alkanes) is 5. The second-order valence-corrected chi connectivity index (χ2v) is 6.99. The van der Waals surface area contributed by atoms with E-state index >= 15 is 0 Å². The SMILES string of the molecule is CCCCCCCCc1ccc(N2CCC3(CN3)C2)cc1. The summed E-state index contributed by atoms with van der Waals surface area (Å²) in [6, 6.07) is 9.33. The van der Waals surface area contributed by atoms with E-state index in [0.717, 1.165) is 0 Å². The maximum atomic E-state index is 3.53. The third-order valence-electron chi connectivity index (χ3n) is 5.15. The highest BCUT2D eigenvalue weighted by Gasteiger charge is 2.47. The Kier molecular flexibility index (Phi) is 4.84. The van der Waals surface area contributed by atoms with Crippen LogP contribution in [-0.2, 0) is 6.42 Å². The van der Waals surface area contributed by atoms with Crippen LogP contribution in [0.25, 0.3) is 0 Å². The topological polar surface area (TPSA) is 25.2 Å². The van der Waals surface area contributed by atoms with Crippen LogP contribution in [0.2, 0.25) is 0 Å². The molecule has 3 rings (SSSR count). The standard InChI is InChI=1S/C19H30N2/c1-2-3-4-5-6-7-8-17-9-11-18(12-10-17)21-14-13-19(16-21)15-20-19/h9-12,20H,2-8,13-16H2,1H3. The van der Waals surface area contributed by atoms with E-state index in [1.807, 2.05) is 0 Å². The largest absolute Gasteiger partial charge is 0.370 e. The molecule has 21 heavy (non-hydrogen) atoms. The van der Waals surface area contributed by atoms with Crippen molar-refractivity contribution in [3.63, 3.8) is 0 Å². The van der Waals surface area contributed by atoms with E-state index in [1.54, 1.807) is 0 Å². The van der Waals surface area contributed by atoms with Gasteiger partial charge in [-0.2, -0.15) is 0 Å². The highest BCUT2D eigenvalue weighted by molar-refractivity contribution is 5.50. The summed E-state index contributed by atoms with van der Waals surface area (Å²) in [5, 5.41) is 3.53. The van der Waals surface area contributed by atoms with Gasteiger partial charge < -0.3 is 10.2 Å². The van der Waals surface area contributed by atoms with E-state index in [9.17, 15) is 0 Å². The van der Waals surface area contributed by atoms with Gasteiger partial charge in [0.15, 0.2) is 0 Å². The van der Waals surface area contributed by atoms with Gasteiger partial charge in [-0.1, -0.05) is 51.2 Å². The minimum Gasteiger partial charge on any atom is -0.370 e. The maximum Gasteiger partial charge on any atom is 0.0501 e. The molecule has 2 aliphatic heterocycles. The highest BCUT2D eigenvalue weighted by atomic mass is 15.3. The number of rotatable bonds is 8. The maximum absolute atomic E-state index is 3.53. The van der Waals surface area contributed by atoms with E-state index < -0.39 is 0 Å². The number of hydrogen-bond donors (Lipinski definition) is 1. The van der Waals surface area contributed by atoms with E-state index in [4.69, 9.17) is 0 Å². The second kappa shape index (κ2) is 6.83. The predicted octanol–water partition coefficient (Wildman–Crippen LogP) is 4.14. The Labute approximate surface area is 129 Å². The van der Waals surface area contributed by atoms with Crippen LogP contribution in [0.1, 0.15) is 57.4 Å². The molecule has 2 heterocycles. The molecule has 0 aromatic heterocycles. The molecule has 2 nitrogen and oxygen atoms in total. The first-order chi connectivity index (χ1) is 10.3. The van der Waals surface area contributed by atoms with Crippen molar-refractivity contribution in [3.05, 3.63) is 29.8 Å². The van der Waals surface area contributed by atoms with E-state index in [0.29, 0.717) is 5.54 Å². The van der Waals surface area contributed by atoms with Crippen LogP contribution >= 0.6 is 0 Å². The lowest BCUT2D eigenvalue weighted by Crippen LogP contribution is -2.24. The zero-order valence-electron chi connectivity index (χ0n) is 13.5. The van der Waals surface area contributed by atoms with Crippen LogP contribution in [0.15, 0.2) is 24.3 Å². The van der Waals surface area contributed by atoms with Crippen LogP contribution in [0.4, 0.5) is 5.69 Å². The summed E-state index contributed by atoms with van der Waals surface area (Å²) in [7, 11) is 0. The van der Waals surface area contributed by atoms with Crippen LogP contribution in [0.3, 0.4) is 0 Å². The lowest BCUT2D eigenvalue weighted by atomic mass is 10.0. The first-order valence-electron chi connectivity index (χ1n) is 8.90. The van der Waals surface area contributed by atoms with Gasteiger partial charge in [0.25, 0.3) is 0 Å². The Morgan fingerprint density at radius 3 is 2.43 bits per heavy atom. The predicted molar refractivity (Wildman–Crippen MR) is 91.1 cm³/mol. The summed E-state index contributed by atoms with van der Waals surface area (Å²) in [5.74, 6) is 0. The van der Waals surface area contributed by atoms with Gasteiger partial charge in [-0.3, -0.25) is 0 Å². The van der Waals surface area contributed by atoms with Crippen molar-refractivity contribution in [1.29, 1.82) is 0 Å². The number of aryl methyl sites for hydroxylation is 1. The number of nitrogens with one attached hydrogen (secondary N) is 1. The third-order valence-corrected chi connectivity index (χ3v) is 5.15. The van der Waals surface area contributed by atoms with Gasteiger partial charge in [-0.05, 0) is 37.0 Å². The molecule has 1 aromatic carbocycles. The number of hydrogen-bond acceptors (Lipinski definition) is 2. The van der Waals surface area contributed by atoms with Crippen molar-refractivity contribution in [3.8, 4) is 0 Å². The molecule has 0 saturated carbocycles. The van der Waals surface area contributed by atoms with Crippen molar-refractivity contribution >= 4 is 5.69 Å². The molecule has 2 saturated heterocycles. The molecule has 1 N–H and O–H groups in total. The average Bonchev–Trinajstić information content (AvgIpc) is 3.13. The molecule has 0 bridgehead atoms. The first kappa shape index (κ1) is 14.9. The fourth-order valence-electron chi connectivity index (χ4n) is 3.49. The molecule has 2 heteroatoms. The monoisotopic (exact) mass is 286 g/mol. The summed E-state index contributed by atoms with van der Waals surface area (Å²) in [6.07, 6.45) is 10.9. The molecule has 0 radical (unpaired) electrons. The minimum atomic E-state index is 0.483. The Bertz CT molecular complexity index is 433. The molecular formula is C19H30N2. The van der Waals surface area contributed by atoms with E-state index in [2.05, 4.69) is 41.4 Å². The second-order valence-electron chi connectivity index (χ2n) is 6.99. The molecule has 0 aliphatic carbocycles. The van der Waals surface area contributed by atoms with Crippen molar-refractivity contribution < 1.29 is 0 Å². The molecule has 116 valence electrons. The molecule has 1 unspecified atom stereocenters. The lowest BCUT2D eigenvalue weighted by molar-refractivity contribution is 0.607. The minimum absolute atomic E-state index is 0.483. The smallest absolute Gasteiger partial charge is 0.0501 e. The van der Waals surface area contributed by atoms with Crippen LogP contribution in [-0.4, -0.2) is 25.2 Å². The highest BCUT2D eigenvalue weighted by Crippen LogP contribution is 2.32. The van der Waals surface area contributed by atoms with Gasteiger partial charge in [-0.15, -0.1) is 0 Å². The quantitative estimate of drug-likeness (QED) is 0.574. The molecule has 2 aliphatic rings. The van der Waals surface area contributed by atoms with Crippen LogP contribution in [0.5, 0.6) is 0 Å². The Morgan fingerprint density at radius 1 is 1.05 bits per heavy atom. The van der Waals surface area contributed by atoms with Crippen molar-refractivity contribution in [1.82, 2.24) is 5.32 Å². The molecule has 1 atom stereocenters. The van der Waals surface area contributed by atoms with Crippen LogP contribution in [0, 0.1) is 0 Å². The van der Waals surface area contributed by atoms with Gasteiger partial charge in [0.2, 0.25) is 0 Å². The third kappa shape index (κ3) is 4.00. The van der Waals surface area contributed by atoms with Gasteiger partial charge in [0, 0.05) is 25.3 Å². The van der Waals surface area contributed by atoms with E-state index in [1.165, 1.54) is 82.3 Å². The molecule has 1 spiro atoms. The van der Waals surface area contributed by atoms with Gasteiger partial charge in [0.1, 0.15) is 0 Å². The Hall–Kier alpha value is -1.02. The summed E-state index contributed by atoms with van der Waals surface area (Å²) < 4.78 is 0. The number of benzene rings is 1. The summed E-state index contributed by atoms with van der Waals surface area (Å²) in [4.78, 5) is 2.54. The van der Waals surface area contributed by atoms with Gasteiger partial charge >= 0.3 is 0 Å². The molecular weight excluding hydrogens is 256 g/mol. The lowest BCUT2D eigenvalue weighted by Gasteiger charge is -2.18. The first-order valence-corrected chi connectivity index (χ1v) is 8.90.